The lowest BCUT2D eigenvalue weighted by molar-refractivity contribution is 0.575. The number of nitrogens with zero attached hydrogens (tertiary/aromatic N) is 2. The van der Waals surface area contributed by atoms with Crippen molar-refractivity contribution in [3.8, 4) is 11.6 Å². The zero-order valence-electron chi connectivity index (χ0n) is 9.81. The number of furan rings is 1. The molecule has 1 aliphatic carbocycles. The van der Waals surface area contributed by atoms with Gasteiger partial charge in [0.15, 0.2) is 11.6 Å². The molecule has 0 aliphatic heterocycles. The van der Waals surface area contributed by atoms with Crippen molar-refractivity contribution in [3.63, 3.8) is 0 Å². The van der Waals surface area contributed by atoms with Gasteiger partial charge in [-0.2, -0.15) is 0 Å². The molecule has 1 fully saturated rings. The summed E-state index contributed by atoms with van der Waals surface area (Å²) >= 11 is 0. The van der Waals surface area contributed by atoms with Crippen molar-refractivity contribution in [2.45, 2.75) is 32.4 Å². The number of aryl methyl sites for hydroxylation is 1. The highest BCUT2D eigenvalue weighted by atomic mass is 16.3. The molecule has 2 heterocycles. The maximum absolute atomic E-state index is 5.32. The van der Waals surface area contributed by atoms with Gasteiger partial charge in [-0.15, -0.1) is 0 Å². The molecule has 0 saturated heterocycles. The molecule has 1 aliphatic rings. The first kappa shape index (κ1) is 10.5. The molecule has 4 nitrogen and oxygen atoms in total. The van der Waals surface area contributed by atoms with Crippen molar-refractivity contribution >= 4 is 0 Å². The Kier molecular flexibility index (Phi) is 2.65. The van der Waals surface area contributed by atoms with Gasteiger partial charge >= 0.3 is 0 Å². The van der Waals surface area contributed by atoms with Crippen molar-refractivity contribution in [3.05, 3.63) is 35.9 Å². The number of nitrogens with one attached hydrogen (secondary N) is 1. The molecule has 0 unspecified atom stereocenters. The van der Waals surface area contributed by atoms with Gasteiger partial charge in [0.2, 0.25) is 0 Å². The molecule has 4 heteroatoms. The Morgan fingerprint density at radius 1 is 1.41 bits per heavy atom. The zero-order chi connectivity index (χ0) is 11.7. The van der Waals surface area contributed by atoms with Gasteiger partial charge in [-0.3, -0.25) is 0 Å². The molecule has 17 heavy (non-hydrogen) atoms. The van der Waals surface area contributed by atoms with Crippen LogP contribution < -0.4 is 5.32 Å². The lowest BCUT2D eigenvalue weighted by Crippen LogP contribution is -2.16. The van der Waals surface area contributed by atoms with Crippen LogP contribution in [0.1, 0.15) is 24.2 Å². The van der Waals surface area contributed by atoms with Crippen LogP contribution in [0.2, 0.25) is 0 Å². The molecule has 2 aromatic rings. The summed E-state index contributed by atoms with van der Waals surface area (Å²) in [6, 6.07) is 6.44. The monoisotopic (exact) mass is 229 g/mol. The van der Waals surface area contributed by atoms with Gasteiger partial charge in [0, 0.05) is 18.3 Å². The Balaban J connectivity index is 1.83. The first-order valence-corrected chi connectivity index (χ1v) is 5.93. The smallest absolute Gasteiger partial charge is 0.196 e. The Bertz CT molecular complexity index is 503. The summed E-state index contributed by atoms with van der Waals surface area (Å²) < 4.78 is 5.32. The molecule has 0 spiro atoms. The van der Waals surface area contributed by atoms with Gasteiger partial charge in [-0.25, -0.2) is 9.97 Å². The zero-order valence-corrected chi connectivity index (χ0v) is 9.81. The minimum absolute atomic E-state index is 0.669. The fourth-order valence-electron chi connectivity index (χ4n) is 1.78. The molecule has 2 aromatic heterocycles. The average molecular weight is 229 g/mol. The van der Waals surface area contributed by atoms with E-state index in [-0.39, 0.29) is 0 Å². The summed E-state index contributed by atoms with van der Waals surface area (Å²) in [6.45, 7) is 2.79. The van der Waals surface area contributed by atoms with Gasteiger partial charge in [-0.1, -0.05) is 0 Å². The van der Waals surface area contributed by atoms with Gasteiger partial charge in [0.05, 0.1) is 12.0 Å². The summed E-state index contributed by atoms with van der Waals surface area (Å²) in [4.78, 5) is 8.89. The normalized spacial score (nSPS) is 15.1. The molecular formula is C13H15N3O. The fourth-order valence-corrected chi connectivity index (χ4v) is 1.78. The highest BCUT2D eigenvalue weighted by Crippen LogP contribution is 2.20. The van der Waals surface area contributed by atoms with Crippen LogP contribution >= 0.6 is 0 Å². The molecule has 1 N–H and O–H groups in total. The summed E-state index contributed by atoms with van der Waals surface area (Å²) in [7, 11) is 0. The first-order valence-electron chi connectivity index (χ1n) is 5.93. The lowest BCUT2D eigenvalue weighted by Gasteiger charge is -2.05. The summed E-state index contributed by atoms with van der Waals surface area (Å²) in [5.74, 6) is 1.39. The maximum atomic E-state index is 5.32. The predicted molar refractivity (Wildman–Crippen MR) is 64.3 cm³/mol. The minimum atomic E-state index is 0.669. The summed E-state index contributed by atoms with van der Waals surface area (Å²) in [5, 5.41) is 3.45. The van der Waals surface area contributed by atoms with Crippen LogP contribution in [0.15, 0.2) is 28.9 Å². The van der Waals surface area contributed by atoms with Crippen LogP contribution in [0.25, 0.3) is 11.6 Å². The lowest BCUT2D eigenvalue weighted by atomic mass is 10.3. The fraction of sp³-hybridized carbons (Fsp3) is 0.385. The maximum Gasteiger partial charge on any atom is 0.196 e. The molecule has 0 amide bonds. The van der Waals surface area contributed by atoms with Crippen LogP contribution in [0, 0.1) is 6.92 Å². The molecule has 0 radical (unpaired) electrons. The molecule has 0 atom stereocenters. The summed E-state index contributed by atoms with van der Waals surface area (Å²) in [6.07, 6.45) is 4.22. The largest absolute Gasteiger partial charge is 0.461 e. The second-order valence-corrected chi connectivity index (χ2v) is 4.46. The standard InChI is InChI=1S/C13H15N3O/c1-9-7-11(8-14-10-4-5-10)16-13(15-9)12-3-2-6-17-12/h2-3,6-7,10,14H,4-5,8H2,1H3. The highest BCUT2D eigenvalue weighted by Gasteiger charge is 2.20. The van der Waals surface area contributed by atoms with E-state index < -0.39 is 0 Å². The second kappa shape index (κ2) is 4.30. The highest BCUT2D eigenvalue weighted by molar-refractivity contribution is 5.46. The topological polar surface area (TPSA) is 51.0 Å². The Morgan fingerprint density at radius 2 is 2.29 bits per heavy atom. The van der Waals surface area contributed by atoms with Crippen LogP contribution in [-0.2, 0) is 6.54 Å². The third-order valence-corrected chi connectivity index (χ3v) is 2.80. The second-order valence-electron chi connectivity index (χ2n) is 4.46. The van der Waals surface area contributed by atoms with Gasteiger partial charge < -0.3 is 9.73 Å². The minimum Gasteiger partial charge on any atom is -0.461 e. The Labute approximate surface area is 100 Å². The van der Waals surface area contributed by atoms with Crippen LogP contribution in [-0.4, -0.2) is 16.0 Å². The van der Waals surface area contributed by atoms with Crippen molar-refractivity contribution in [2.24, 2.45) is 0 Å². The van der Waals surface area contributed by atoms with E-state index in [9.17, 15) is 0 Å². The number of hydrogen-bond acceptors (Lipinski definition) is 4. The van der Waals surface area contributed by atoms with E-state index >= 15 is 0 Å². The third-order valence-electron chi connectivity index (χ3n) is 2.80. The number of rotatable bonds is 4. The Morgan fingerprint density at radius 3 is 3.00 bits per heavy atom. The van der Waals surface area contributed by atoms with E-state index in [2.05, 4.69) is 15.3 Å². The number of hydrogen-bond donors (Lipinski definition) is 1. The van der Waals surface area contributed by atoms with Crippen molar-refractivity contribution in [1.82, 2.24) is 15.3 Å². The predicted octanol–water partition coefficient (Wildman–Crippen LogP) is 2.30. The van der Waals surface area contributed by atoms with Gasteiger partial charge in [0.1, 0.15) is 0 Å². The van der Waals surface area contributed by atoms with E-state index in [0.717, 1.165) is 23.7 Å². The molecule has 0 aromatic carbocycles. The van der Waals surface area contributed by atoms with E-state index in [4.69, 9.17) is 4.42 Å². The van der Waals surface area contributed by atoms with Gasteiger partial charge in [0.25, 0.3) is 0 Å². The summed E-state index contributed by atoms with van der Waals surface area (Å²) in [5.41, 5.74) is 2.00. The quantitative estimate of drug-likeness (QED) is 0.874. The first-order chi connectivity index (χ1) is 8.31. The van der Waals surface area contributed by atoms with E-state index in [0.29, 0.717) is 11.9 Å². The van der Waals surface area contributed by atoms with Crippen molar-refractivity contribution < 1.29 is 4.42 Å². The van der Waals surface area contributed by atoms with Crippen molar-refractivity contribution in [1.29, 1.82) is 0 Å². The van der Waals surface area contributed by atoms with Crippen LogP contribution in [0.5, 0.6) is 0 Å². The van der Waals surface area contributed by atoms with Gasteiger partial charge in [-0.05, 0) is 38.0 Å². The molecule has 0 bridgehead atoms. The van der Waals surface area contributed by atoms with E-state index in [1.54, 1.807) is 6.26 Å². The van der Waals surface area contributed by atoms with Crippen molar-refractivity contribution in [2.75, 3.05) is 0 Å². The molecule has 88 valence electrons. The number of aromatic nitrogens is 2. The third kappa shape index (κ3) is 2.53. The molecular weight excluding hydrogens is 214 g/mol. The van der Waals surface area contributed by atoms with E-state index in [1.807, 2.05) is 25.1 Å². The average Bonchev–Trinajstić information content (AvgIpc) is 2.98. The Hall–Kier alpha value is -1.68. The van der Waals surface area contributed by atoms with E-state index in [1.165, 1.54) is 12.8 Å². The molecule has 3 rings (SSSR count). The van der Waals surface area contributed by atoms with Crippen LogP contribution in [0.3, 0.4) is 0 Å². The van der Waals surface area contributed by atoms with Crippen LogP contribution in [0.4, 0.5) is 0 Å². The SMILES string of the molecule is Cc1cc(CNC2CC2)nc(-c2ccco2)n1. The molecule has 1 saturated carbocycles.